The topological polar surface area (TPSA) is 23.5 Å². The maximum absolute atomic E-state index is 12.0. The summed E-state index contributed by atoms with van der Waals surface area (Å²) in [4.78, 5) is 2.51. The molecule has 2 aromatic rings. The number of aryl methyl sites for hydroxylation is 1. The summed E-state index contributed by atoms with van der Waals surface area (Å²) in [5, 5.41) is 12.0. The Morgan fingerprint density at radius 2 is 1.56 bits per heavy atom. The molecule has 0 aliphatic carbocycles. The Balaban J connectivity index is 2.04. The molecule has 2 aromatic carbocycles. The van der Waals surface area contributed by atoms with Crippen LogP contribution in [0.5, 0.6) is 0 Å². The van der Waals surface area contributed by atoms with Crippen LogP contribution in [-0.2, 0) is 5.60 Å². The number of nitrogens with zero attached hydrogens (tertiary/aromatic N) is 1. The Bertz CT molecular complexity index is 658. The number of hydrogen-bond donors (Lipinski definition) is 1. The van der Waals surface area contributed by atoms with Crippen molar-refractivity contribution in [2.45, 2.75) is 45.1 Å². The van der Waals surface area contributed by atoms with E-state index in [1.807, 2.05) is 0 Å². The van der Waals surface area contributed by atoms with Crippen molar-refractivity contribution >= 4 is 0 Å². The van der Waals surface area contributed by atoms with Crippen molar-refractivity contribution in [1.82, 2.24) is 4.90 Å². The van der Waals surface area contributed by atoms with Crippen molar-refractivity contribution in [2.75, 3.05) is 19.6 Å². The average Bonchev–Trinajstić information content (AvgIpc) is 3.13. The van der Waals surface area contributed by atoms with Gasteiger partial charge in [-0.3, -0.25) is 0 Å². The normalized spacial score (nSPS) is 19.1. The summed E-state index contributed by atoms with van der Waals surface area (Å²) in [6, 6.07) is 19.0. The lowest BCUT2D eigenvalue weighted by Crippen LogP contribution is -2.44. The lowest BCUT2D eigenvalue weighted by molar-refractivity contribution is -0.0447. The van der Waals surface area contributed by atoms with Crippen LogP contribution >= 0.6 is 0 Å². The lowest BCUT2D eigenvalue weighted by atomic mass is 9.70. The zero-order chi connectivity index (χ0) is 17.9. The quantitative estimate of drug-likeness (QED) is 0.824. The molecule has 134 valence electrons. The van der Waals surface area contributed by atoms with Crippen molar-refractivity contribution in [3.05, 3.63) is 71.3 Å². The fourth-order valence-corrected chi connectivity index (χ4v) is 4.16. The Labute approximate surface area is 152 Å². The third-order valence-electron chi connectivity index (χ3n) is 5.77. The van der Waals surface area contributed by atoms with E-state index >= 15 is 0 Å². The van der Waals surface area contributed by atoms with Gasteiger partial charge in [0.25, 0.3) is 0 Å². The number of aliphatic hydroxyl groups is 1. The van der Waals surface area contributed by atoms with Crippen LogP contribution in [0.15, 0.2) is 54.6 Å². The molecule has 3 rings (SSSR count). The summed E-state index contributed by atoms with van der Waals surface area (Å²) < 4.78 is 0. The third kappa shape index (κ3) is 3.80. The zero-order valence-corrected chi connectivity index (χ0v) is 15.8. The van der Waals surface area contributed by atoms with E-state index in [-0.39, 0.29) is 11.8 Å². The average molecular weight is 338 g/mol. The number of likely N-dealkylation sites (tertiary alicyclic amines) is 1. The van der Waals surface area contributed by atoms with Gasteiger partial charge in [-0.15, -0.1) is 0 Å². The molecule has 0 bridgehead atoms. The predicted octanol–water partition coefficient (Wildman–Crippen LogP) is 4.72. The summed E-state index contributed by atoms with van der Waals surface area (Å²) in [6.45, 7) is 9.57. The highest BCUT2D eigenvalue weighted by Gasteiger charge is 2.43. The van der Waals surface area contributed by atoms with Gasteiger partial charge < -0.3 is 10.0 Å². The second kappa shape index (κ2) is 7.72. The molecule has 2 unspecified atom stereocenters. The first-order valence-corrected chi connectivity index (χ1v) is 9.58. The van der Waals surface area contributed by atoms with E-state index in [4.69, 9.17) is 0 Å². The van der Waals surface area contributed by atoms with Gasteiger partial charge in [0.2, 0.25) is 0 Å². The minimum atomic E-state index is -0.877. The Hall–Kier alpha value is -1.64. The molecule has 2 atom stereocenters. The fourth-order valence-electron chi connectivity index (χ4n) is 4.16. The molecular formula is C23H31NO. The van der Waals surface area contributed by atoms with Crippen LogP contribution < -0.4 is 0 Å². The van der Waals surface area contributed by atoms with E-state index in [0.29, 0.717) is 0 Å². The Morgan fingerprint density at radius 1 is 0.960 bits per heavy atom. The van der Waals surface area contributed by atoms with Gasteiger partial charge in [-0.1, -0.05) is 74.0 Å². The molecular weight excluding hydrogens is 306 g/mol. The van der Waals surface area contributed by atoms with E-state index in [1.54, 1.807) is 0 Å². The number of hydrogen-bond acceptors (Lipinski definition) is 2. The number of benzene rings is 2. The molecule has 1 heterocycles. The van der Waals surface area contributed by atoms with Crippen molar-refractivity contribution in [3.63, 3.8) is 0 Å². The molecule has 0 radical (unpaired) electrons. The van der Waals surface area contributed by atoms with Gasteiger partial charge >= 0.3 is 0 Å². The molecule has 2 heteroatoms. The zero-order valence-electron chi connectivity index (χ0n) is 15.8. The highest BCUT2D eigenvalue weighted by atomic mass is 16.3. The second-order valence-corrected chi connectivity index (χ2v) is 7.82. The molecule has 1 fully saturated rings. The monoisotopic (exact) mass is 337 g/mol. The van der Waals surface area contributed by atoms with Crippen LogP contribution in [0, 0.1) is 12.8 Å². The molecule has 1 N–H and O–H groups in total. The molecule has 25 heavy (non-hydrogen) atoms. The van der Waals surface area contributed by atoms with Gasteiger partial charge in [0.15, 0.2) is 0 Å². The number of rotatable bonds is 6. The highest BCUT2D eigenvalue weighted by molar-refractivity contribution is 5.34. The van der Waals surface area contributed by atoms with E-state index in [0.717, 1.165) is 25.2 Å². The van der Waals surface area contributed by atoms with Crippen molar-refractivity contribution in [3.8, 4) is 0 Å². The minimum Gasteiger partial charge on any atom is -0.384 e. The molecule has 0 aromatic heterocycles. The van der Waals surface area contributed by atoms with Crippen molar-refractivity contribution in [2.24, 2.45) is 5.92 Å². The second-order valence-electron chi connectivity index (χ2n) is 7.82. The standard InChI is InChI=1S/C23H31NO/c1-18(2)23(25,21-13-11-19(3)12-14-21)22(17-24-15-7-8-16-24)20-9-5-4-6-10-20/h4-6,9-14,18,22,25H,7-8,15-17H2,1-3H3. The smallest absolute Gasteiger partial charge is 0.0999 e. The van der Waals surface area contributed by atoms with Gasteiger partial charge in [-0.25, -0.2) is 0 Å². The van der Waals surface area contributed by atoms with Crippen LogP contribution in [-0.4, -0.2) is 29.6 Å². The third-order valence-corrected chi connectivity index (χ3v) is 5.77. The molecule has 0 saturated carbocycles. The Kier molecular flexibility index (Phi) is 5.61. The van der Waals surface area contributed by atoms with Crippen LogP contribution in [0.1, 0.15) is 49.3 Å². The van der Waals surface area contributed by atoms with E-state index in [1.165, 1.54) is 24.0 Å². The molecule has 1 aliphatic rings. The van der Waals surface area contributed by atoms with Crippen molar-refractivity contribution in [1.29, 1.82) is 0 Å². The molecule has 2 nitrogen and oxygen atoms in total. The van der Waals surface area contributed by atoms with Gasteiger partial charge in [-0.05, 0) is 49.9 Å². The summed E-state index contributed by atoms with van der Waals surface area (Å²) >= 11 is 0. The summed E-state index contributed by atoms with van der Waals surface area (Å²) in [7, 11) is 0. The summed E-state index contributed by atoms with van der Waals surface area (Å²) in [5.41, 5.74) is 2.61. The van der Waals surface area contributed by atoms with Crippen LogP contribution in [0.4, 0.5) is 0 Å². The SMILES string of the molecule is Cc1ccc(C(O)(C(C)C)C(CN2CCCC2)c2ccccc2)cc1. The summed E-state index contributed by atoms with van der Waals surface area (Å²) in [5.74, 6) is 0.192. The molecule has 0 spiro atoms. The molecule has 0 amide bonds. The first-order chi connectivity index (χ1) is 12.0. The lowest BCUT2D eigenvalue weighted by Gasteiger charge is -2.42. The van der Waals surface area contributed by atoms with Gasteiger partial charge in [-0.2, -0.15) is 0 Å². The van der Waals surface area contributed by atoms with Gasteiger partial charge in [0.1, 0.15) is 0 Å². The highest BCUT2D eigenvalue weighted by Crippen LogP contribution is 2.43. The van der Waals surface area contributed by atoms with E-state index < -0.39 is 5.60 Å². The minimum absolute atomic E-state index is 0.0644. The van der Waals surface area contributed by atoms with E-state index in [2.05, 4.69) is 80.3 Å². The predicted molar refractivity (Wildman–Crippen MR) is 105 cm³/mol. The van der Waals surface area contributed by atoms with Gasteiger partial charge in [0.05, 0.1) is 5.60 Å². The van der Waals surface area contributed by atoms with Crippen LogP contribution in [0.3, 0.4) is 0 Å². The van der Waals surface area contributed by atoms with Crippen molar-refractivity contribution < 1.29 is 5.11 Å². The van der Waals surface area contributed by atoms with Crippen LogP contribution in [0.2, 0.25) is 0 Å². The first-order valence-electron chi connectivity index (χ1n) is 9.58. The van der Waals surface area contributed by atoms with E-state index in [9.17, 15) is 5.11 Å². The Morgan fingerprint density at radius 3 is 2.12 bits per heavy atom. The largest absolute Gasteiger partial charge is 0.384 e. The molecule has 1 saturated heterocycles. The van der Waals surface area contributed by atoms with Gasteiger partial charge in [0, 0.05) is 12.5 Å². The fraction of sp³-hybridized carbons (Fsp3) is 0.478. The first kappa shape index (κ1) is 18.2. The maximum atomic E-state index is 12.0. The van der Waals surface area contributed by atoms with Crippen LogP contribution in [0.25, 0.3) is 0 Å². The molecule has 1 aliphatic heterocycles. The summed E-state index contributed by atoms with van der Waals surface area (Å²) in [6.07, 6.45) is 2.54. The maximum Gasteiger partial charge on any atom is 0.0999 e.